The van der Waals surface area contributed by atoms with E-state index in [1.807, 2.05) is 0 Å². The first kappa shape index (κ1) is 12.7. The number of halogens is 1. The molecule has 96 valence electrons. The second-order valence-corrected chi connectivity index (χ2v) is 4.45. The van der Waals surface area contributed by atoms with E-state index >= 15 is 0 Å². The van der Waals surface area contributed by atoms with Gasteiger partial charge in [0.1, 0.15) is 6.10 Å². The Morgan fingerprint density at radius 3 is 2.72 bits per heavy atom. The van der Waals surface area contributed by atoms with Crippen molar-refractivity contribution >= 4 is 23.7 Å². The third-order valence-electron chi connectivity index (χ3n) is 2.72. The molecular weight excluding hydrogens is 258 g/mol. The quantitative estimate of drug-likeness (QED) is 0.911. The Morgan fingerprint density at radius 2 is 2.11 bits per heavy atom. The van der Waals surface area contributed by atoms with Gasteiger partial charge in [-0.15, -0.1) is 0 Å². The molecule has 0 saturated carbocycles. The van der Waals surface area contributed by atoms with Crippen LogP contribution in [0.15, 0.2) is 24.3 Å². The van der Waals surface area contributed by atoms with Gasteiger partial charge in [-0.25, -0.2) is 4.79 Å². The molecule has 0 radical (unpaired) electrons. The highest BCUT2D eigenvalue weighted by Crippen LogP contribution is 2.26. The van der Waals surface area contributed by atoms with Gasteiger partial charge in [0, 0.05) is 11.6 Å². The number of carboxylic acid groups (broad SMARTS) is 1. The van der Waals surface area contributed by atoms with Crippen molar-refractivity contribution in [3.63, 3.8) is 0 Å². The normalized spacial score (nSPS) is 18.8. The van der Waals surface area contributed by atoms with E-state index in [4.69, 9.17) is 21.4 Å². The van der Waals surface area contributed by atoms with Crippen LogP contribution in [0.4, 0.5) is 4.79 Å². The number of carboxylic acids is 1. The summed E-state index contributed by atoms with van der Waals surface area (Å²) in [5.74, 6) is -0.933. The summed E-state index contributed by atoms with van der Waals surface area (Å²) in [6.45, 7) is 0.534. The van der Waals surface area contributed by atoms with Crippen molar-refractivity contribution in [3.8, 4) is 0 Å². The van der Waals surface area contributed by atoms with Gasteiger partial charge in [0.25, 0.3) is 0 Å². The fraction of sp³-hybridized carbons (Fsp3) is 0.333. The molecule has 1 aromatic carbocycles. The van der Waals surface area contributed by atoms with Gasteiger partial charge in [0.15, 0.2) is 0 Å². The van der Waals surface area contributed by atoms with Crippen LogP contribution in [0.3, 0.4) is 0 Å². The van der Waals surface area contributed by atoms with E-state index in [1.165, 1.54) is 4.90 Å². The molecule has 1 aliphatic rings. The zero-order valence-electron chi connectivity index (χ0n) is 9.51. The Labute approximate surface area is 109 Å². The number of ether oxygens (including phenoxy) is 1. The largest absolute Gasteiger partial charge is 0.481 e. The highest BCUT2D eigenvalue weighted by Gasteiger charge is 2.32. The summed E-state index contributed by atoms with van der Waals surface area (Å²) in [6.07, 6.45) is -0.914. The van der Waals surface area contributed by atoms with E-state index in [2.05, 4.69) is 0 Å². The van der Waals surface area contributed by atoms with Crippen molar-refractivity contribution < 1.29 is 19.4 Å². The maximum atomic E-state index is 11.5. The van der Waals surface area contributed by atoms with Crippen LogP contribution in [0.5, 0.6) is 0 Å². The summed E-state index contributed by atoms with van der Waals surface area (Å²) >= 11 is 5.78. The first-order valence-corrected chi connectivity index (χ1v) is 5.87. The lowest BCUT2D eigenvalue weighted by molar-refractivity contribution is -0.137. The molecule has 1 atom stereocenters. The molecule has 0 aromatic heterocycles. The van der Waals surface area contributed by atoms with Gasteiger partial charge in [-0.2, -0.15) is 0 Å². The predicted molar refractivity (Wildman–Crippen MR) is 64.5 cm³/mol. The number of cyclic esters (lactones) is 1. The lowest BCUT2D eigenvalue weighted by Crippen LogP contribution is -2.27. The summed E-state index contributed by atoms with van der Waals surface area (Å²) in [5, 5.41) is 9.20. The van der Waals surface area contributed by atoms with E-state index in [0.717, 1.165) is 5.56 Å². The molecule has 1 heterocycles. The fourth-order valence-electron chi connectivity index (χ4n) is 1.77. The predicted octanol–water partition coefficient (Wildman–Crippen LogP) is 2.31. The van der Waals surface area contributed by atoms with Gasteiger partial charge in [0.2, 0.25) is 0 Å². The summed E-state index contributed by atoms with van der Waals surface area (Å²) < 4.78 is 5.18. The molecule has 1 aliphatic heterocycles. The van der Waals surface area contributed by atoms with Crippen molar-refractivity contribution in [2.45, 2.75) is 12.5 Å². The number of amides is 1. The highest BCUT2D eigenvalue weighted by molar-refractivity contribution is 6.30. The third kappa shape index (κ3) is 2.92. The Hall–Kier alpha value is -1.75. The van der Waals surface area contributed by atoms with Crippen LogP contribution in [-0.4, -0.2) is 35.2 Å². The van der Waals surface area contributed by atoms with Crippen LogP contribution < -0.4 is 0 Å². The van der Waals surface area contributed by atoms with Crippen LogP contribution >= 0.6 is 11.6 Å². The molecule has 1 unspecified atom stereocenters. The van der Waals surface area contributed by atoms with E-state index in [1.54, 1.807) is 24.3 Å². The molecule has 2 rings (SSSR count). The molecule has 18 heavy (non-hydrogen) atoms. The van der Waals surface area contributed by atoms with Gasteiger partial charge in [-0.05, 0) is 17.7 Å². The SMILES string of the molecule is O=C(O)CCN1CC(c2ccc(Cl)cc2)OC1=O. The zero-order valence-corrected chi connectivity index (χ0v) is 10.3. The van der Waals surface area contributed by atoms with Crippen molar-refractivity contribution in [1.82, 2.24) is 4.90 Å². The molecule has 1 fully saturated rings. The van der Waals surface area contributed by atoms with Gasteiger partial charge in [-0.3, -0.25) is 4.79 Å². The Morgan fingerprint density at radius 1 is 1.44 bits per heavy atom. The molecule has 6 heteroatoms. The smallest absolute Gasteiger partial charge is 0.410 e. The standard InChI is InChI=1S/C12H12ClNO4/c13-9-3-1-8(2-4-9)10-7-14(12(17)18-10)6-5-11(15)16/h1-4,10H,5-7H2,(H,15,16). The number of carbonyl (C=O) groups excluding carboxylic acids is 1. The minimum Gasteiger partial charge on any atom is -0.481 e. The Balaban J connectivity index is 1.99. The molecule has 1 amide bonds. The van der Waals surface area contributed by atoms with E-state index in [-0.39, 0.29) is 19.1 Å². The van der Waals surface area contributed by atoms with E-state index in [0.29, 0.717) is 11.6 Å². The summed E-state index contributed by atoms with van der Waals surface area (Å²) in [7, 11) is 0. The number of aliphatic carboxylic acids is 1. The Bertz CT molecular complexity index is 460. The minimum atomic E-state index is -0.933. The third-order valence-corrected chi connectivity index (χ3v) is 2.98. The topological polar surface area (TPSA) is 66.8 Å². The van der Waals surface area contributed by atoms with E-state index < -0.39 is 12.1 Å². The first-order valence-electron chi connectivity index (χ1n) is 5.49. The van der Waals surface area contributed by atoms with Crippen LogP contribution in [-0.2, 0) is 9.53 Å². The molecule has 1 saturated heterocycles. The van der Waals surface area contributed by atoms with Crippen LogP contribution in [0.1, 0.15) is 18.1 Å². The molecule has 0 bridgehead atoms. The fourth-order valence-corrected chi connectivity index (χ4v) is 1.90. The van der Waals surface area contributed by atoms with Crippen molar-refractivity contribution in [1.29, 1.82) is 0 Å². The summed E-state index contributed by atoms with van der Waals surface area (Å²) in [6, 6.07) is 7.04. The molecular formula is C12H12ClNO4. The van der Waals surface area contributed by atoms with Crippen molar-refractivity contribution in [3.05, 3.63) is 34.9 Å². The number of benzene rings is 1. The monoisotopic (exact) mass is 269 g/mol. The maximum absolute atomic E-state index is 11.5. The number of carbonyl (C=O) groups is 2. The average Bonchev–Trinajstić information content (AvgIpc) is 2.69. The lowest BCUT2D eigenvalue weighted by Gasteiger charge is -2.10. The molecule has 5 nitrogen and oxygen atoms in total. The highest BCUT2D eigenvalue weighted by atomic mass is 35.5. The number of nitrogens with zero attached hydrogens (tertiary/aromatic N) is 1. The molecule has 1 N–H and O–H groups in total. The van der Waals surface area contributed by atoms with Crippen LogP contribution in [0.25, 0.3) is 0 Å². The maximum Gasteiger partial charge on any atom is 0.410 e. The summed E-state index contributed by atoms with van der Waals surface area (Å²) in [5.41, 5.74) is 0.852. The number of hydrogen-bond donors (Lipinski definition) is 1. The van der Waals surface area contributed by atoms with Gasteiger partial charge in [-0.1, -0.05) is 23.7 Å². The molecule has 0 aliphatic carbocycles. The van der Waals surface area contributed by atoms with Crippen molar-refractivity contribution in [2.24, 2.45) is 0 Å². The zero-order chi connectivity index (χ0) is 13.1. The summed E-state index contributed by atoms with van der Waals surface area (Å²) in [4.78, 5) is 23.4. The van der Waals surface area contributed by atoms with Crippen LogP contribution in [0.2, 0.25) is 5.02 Å². The van der Waals surface area contributed by atoms with Gasteiger partial charge in [0.05, 0.1) is 13.0 Å². The van der Waals surface area contributed by atoms with Gasteiger partial charge < -0.3 is 14.7 Å². The van der Waals surface area contributed by atoms with Crippen molar-refractivity contribution in [2.75, 3.05) is 13.1 Å². The second kappa shape index (κ2) is 5.27. The van der Waals surface area contributed by atoms with Gasteiger partial charge >= 0.3 is 12.1 Å². The average molecular weight is 270 g/mol. The number of hydrogen-bond acceptors (Lipinski definition) is 3. The lowest BCUT2D eigenvalue weighted by atomic mass is 10.1. The number of rotatable bonds is 4. The Kier molecular flexibility index (Phi) is 3.72. The molecule has 0 spiro atoms. The second-order valence-electron chi connectivity index (χ2n) is 4.01. The molecule has 1 aromatic rings. The minimum absolute atomic E-state index is 0.0809. The first-order chi connectivity index (χ1) is 8.56. The van der Waals surface area contributed by atoms with Crippen LogP contribution in [0, 0.1) is 0 Å². The van der Waals surface area contributed by atoms with E-state index in [9.17, 15) is 9.59 Å².